The average Bonchev–Trinajstić information content (AvgIpc) is 1.94. The second-order valence-corrected chi connectivity index (χ2v) is 1.07. The van der Waals surface area contributed by atoms with E-state index in [0.717, 1.165) is 0 Å². The van der Waals surface area contributed by atoms with Crippen LogP contribution in [0.25, 0.3) is 0 Å². The van der Waals surface area contributed by atoms with Crippen molar-refractivity contribution in [2.45, 2.75) is 20.8 Å². The van der Waals surface area contributed by atoms with Crippen molar-refractivity contribution in [1.82, 2.24) is 0 Å². The van der Waals surface area contributed by atoms with Crippen LogP contribution in [0.15, 0.2) is 38.0 Å². The second-order valence-electron chi connectivity index (χ2n) is 1.07. The molecule has 0 saturated heterocycles. The Morgan fingerprint density at radius 1 is 0.889 bits per heavy atom. The minimum absolute atomic E-state index is 1.75. The van der Waals surface area contributed by atoms with Gasteiger partial charge in [-0.05, 0) is 20.8 Å². The summed E-state index contributed by atoms with van der Waals surface area (Å²) in [6, 6.07) is 0. The van der Waals surface area contributed by atoms with Gasteiger partial charge in [0.1, 0.15) is 0 Å². The van der Waals surface area contributed by atoms with Gasteiger partial charge in [-0.3, -0.25) is 0 Å². The minimum Gasteiger partial charge on any atom is -0.106 e. The van der Waals surface area contributed by atoms with Crippen LogP contribution < -0.4 is 0 Å². The van der Waals surface area contributed by atoms with Crippen molar-refractivity contribution < 1.29 is 0 Å². The fourth-order valence-electron chi connectivity index (χ4n) is 0. The van der Waals surface area contributed by atoms with Crippen molar-refractivity contribution in [3.05, 3.63) is 38.0 Å². The van der Waals surface area contributed by atoms with Gasteiger partial charge in [0.15, 0.2) is 0 Å². The van der Waals surface area contributed by atoms with Crippen molar-refractivity contribution in [2.75, 3.05) is 0 Å². The lowest BCUT2D eigenvalue weighted by Crippen LogP contribution is -1.26. The fourth-order valence-corrected chi connectivity index (χ4v) is 0. The Labute approximate surface area is 59.6 Å². The molecule has 0 aromatic heterocycles. The third-order valence-corrected chi connectivity index (χ3v) is 0.333. The highest BCUT2D eigenvalue weighted by Crippen LogP contribution is 1.57. The van der Waals surface area contributed by atoms with Crippen LogP contribution in [0.3, 0.4) is 0 Å². The predicted molar refractivity (Wildman–Crippen MR) is 47.6 cm³/mol. The topological polar surface area (TPSA) is 0 Å². The summed E-state index contributed by atoms with van der Waals surface area (Å²) in [5, 5.41) is 0. The van der Waals surface area contributed by atoms with Crippen molar-refractivity contribution in [3.8, 4) is 0 Å². The monoisotopic (exact) mass is 126 g/mol. The highest BCUT2D eigenvalue weighted by molar-refractivity contribution is 4.68. The van der Waals surface area contributed by atoms with Gasteiger partial charge in [-0.1, -0.05) is 18.2 Å². The van der Waals surface area contributed by atoms with Crippen molar-refractivity contribution in [3.63, 3.8) is 0 Å². The number of allylic oxidation sites excluding steroid dienone is 3. The maximum Gasteiger partial charge on any atom is -0.0470 e. The van der Waals surface area contributed by atoms with Gasteiger partial charge in [0.2, 0.25) is 0 Å². The minimum atomic E-state index is 1.75. The lowest BCUT2D eigenvalue weighted by molar-refractivity contribution is 1.64. The zero-order valence-corrected chi connectivity index (χ0v) is 6.85. The molecule has 0 spiro atoms. The van der Waals surface area contributed by atoms with Crippen LogP contribution in [0.4, 0.5) is 0 Å². The summed E-state index contributed by atoms with van der Waals surface area (Å²) >= 11 is 0. The lowest BCUT2D eigenvalue weighted by Gasteiger charge is -1.49. The molecule has 0 unspecified atom stereocenters. The van der Waals surface area contributed by atoms with E-state index in [0.29, 0.717) is 0 Å². The molecule has 0 amide bonds. The molecule has 9 heavy (non-hydrogen) atoms. The van der Waals surface area contributed by atoms with Crippen LogP contribution in [0.1, 0.15) is 20.8 Å². The second kappa shape index (κ2) is 56.7. The molecule has 0 aromatic carbocycles. The van der Waals surface area contributed by atoms with E-state index < -0.39 is 0 Å². The van der Waals surface area contributed by atoms with Gasteiger partial charge in [-0.15, -0.1) is 19.7 Å². The summed E-state index contributed by atoms with van der Waals surface area (Å²) in [6.45, 7) is 15.2. The summed E-state index contributed by atoms with van der Waals surface area (Å²) in [7, 11) is 0. The van der Waals surface area contributed by atoms with E-state index in [1.54, 1.807) is 6.08 Å². The average molecular weight is 126 g/mol. The Balaban J connectivity index is -0.0000000646. The first-order chi connectivity index (χ1) is 4.33. The van der Waals surface area contributed by atoms with Gasteiger partial charge in [0.25, 0.3) is 0 Å². The van der Waals surface area contributed by atoms with E-state index in [2.05, 4.69) is 19.7 Å². The van der Waals surface area contributed by atoms with Gasteiger partial charge in [0.05, 0.1) is 0 Å². The van der Waals surface area contributed by atoms with Crippen LogP contribution in [-0.2, 0) is 0 Å². The Morgan fingerprint density at radius 2 is 1.00 bits per heavy atom. The molecule has 0 N–H and O–H groups in total. The summed E-state index contributed by atoms with van der Waals surface area (Å²) < 4.78 is 0. The van der Waals surface area contributed by atoms with Crippen molar-refractivity contribution >= 4 is 0 Å². The molecule has 0 atom stereocenters. The van der Waals surface area contributed by atoms with Crippen LogP contribution >= 0.6 is 0 Å². The molecule has 0 nitrogen and oxygen atoms in total. The first kappa shape index (κ1) is 15.7. The van der Waals surface area contributed by atoms with E-state index in [1.165, 1.54) is 0 Å². The molecule has 0 fully saturated rings. The van der Waals surface area contributed by atoms with E-state index in [4.69, 9.17) is 0 Å². The summed E-state index contributed by atoms with van der Waals surface area (Å²) in [6.07, 6.45) is 5.75. The number of hydrogen-bond donors (Lipinski definition) is 0. The zero-order chi connectivity index (χ0) is 8.12. The smallest absolute Gasteiger partial charge is 0.0470 e. The Bertz CT molecular complexity index is 47.1. The highest BCUT2D eigenvalue weighted by Gasteiger charge is 1.34. The van der Waals surface area contributed by atoms with Gasteiger partial charge >= 0.3 is 0 Å². The maximum absolute atomic E-state index is 3.36. The lowest BCUT2D eigenvalue weighted by atomic mass is 10.6. The third-order valence-electron chi connectivity index (χ3n) is 0.333. The molecular formula is C9H18. The fraction of sp³-hybridized carbons (Fsp3) is 0.333. The molecule has 54 valence electrons. The number of hydrogen-bond acceptors (Lipinski definition) is 0. The molecule has 0 heterocycles. The molecule has 0 radical (unpaired) electrons. The molecule has 0 aliphatic carbocycles. The SMILES string of the molecule is C/C=C\C.C=C.C=CC. The van der Waals surface area contributed by atoms with E-state index in [-0.39, 0.29) is 0 Å². The molecule has 0 aliphatic rings. The van der Waals surface area contributed by atoms with Crippen LogP contribution in [-0.4, -0.2) is 0 Å². The molecular weight excluding hydrogens is 108 g/mol. The molecule has 0 rings (SSSR count). The molecule has 0 aliphatic heterocycles. The Morgan fingerprint density at radius 3 is 1.00 bits per heavy atom. The first-order valence-corrected chi connectivity index (χ1v) is 2.97. The van der Waals surface area contributed by atoms with E-state index in [1.807, 2.05) is 32.9 Å². The van der Waals surface area contributed by atoms with E-state index in [9.17, 15) is 0 Å². The highest BCUT2D eigenvalue weighted by atomic mass is 13.4. The first-order valence-electron chi connectivity index (χ1n) is 2.97. The van der Waals surface area contributed by atoms with Crippen LogP contribution in [0.2, 0.25) is 0 Å². The Hall–Kier alpha value is -0.780. The zero-order valence-electron chi connectivity index (χ0n) is 6.85. The quantitative estimate of drug-likeness (QED) is 0.435. The molecule has 0 heteroatoms. The van der Waals surface area contributed by atoms with Gasteiger partial charge in [-0.2, -0.15) is 0 Å². The van der Waals surface area contributed by atoms with Gasteiger partial charge in [0, 0.05) is 0 Å². The summed E-state index contributed by atoms with van der Waals surface area (Å²) in [4.78, 5) is 0. The molecule has 0 bridgehead atoms. The predicted octanol–water partition coefficient (Wildman–Crippen LogP) is 3.58. The van der Waals surface area contributed by atoms with Gasteiger partial charge < -0.3 is 0 Å². The standard InChI is InChI=1S/C4H8.C3H6.C2H4/c1-3-4-2;1-3-2;1-2/h3-4H,1-2H3;3H,1H2,2H3;1-2H2/b4-3-;;. The summed E-state index contributed by atoms with van der Waals surface area (Å²) in [5.41, 5.74) is 0. The third kappa shape index (κ3) is 4060. The summed E-state index contributed by atoms with van der Waals surface area (Å²) in [5.74, 6) is 0. The van der Waals surface area contributed by atoms with Crippen molar-refractivity contribution in [2.24, 2.45) is 0 Å². The van der Waals surface area contributed by atoms with Crippen molar-refractivity contribution in [1.29, 1.82) is 0 Å². The maximum atomic E-state index is 3.36. The van der Waals surface area contributed by atoms with E-state index >= 15 is 0 Å². The van der Waals surface area contributed by atoms with Crippen LogP contribution in [0.5, 0.6) is 0 Å². The van der Waals surface area contributed by atoms with Gasteiger partial charge in [-0.25, -0.2) is 0 Å². The molecule has 0 aromatic rings. The largest absolute Gasteiger partial charge is 0.106 e. The number of rotatable bonds is 0. The Kier molecular flexibility index (Phi) is 99.0. The normalized spacial score (nSPS) is 6.11. The molecule has 0 saturated carbocycles. The van der Waals surface area contributed by atoms with Crippen LogP contribution in [0, 0.1) is 0 Å².